The van der Waals surface area contributed by atoms with E-state index in [0.717, 1.165) is 37.9 Å². The van der Waals surface area contributed by atoms with Gasteiger partial charge >= 0.3 is 5.97 Å². The summed E-state index contributed by atoms with van der Waals surface area (Å²) in [5, 5.41) is 18.4. The van der Waals surface area contributed by atoms with Gasteiger partial charge < -0.3 is 10.2 Å². The summed E-state index contributed by atoms with van der Waals surface area (Å²) >= 11 is 1.74. The van der Waals surface area contributed by atoms with Crippen molar-refractivity contribution in [2.75, 3.05) is 12.4 Å². The molecule has 3 unspecified atom stereocenters. The largest absolute Gasteiger partial charge is 0.481 e. The number of hydrogen-bond acceptors (Lipinski definition) is 3. The van der Waals surface area contributed by atoms with Gasteiger partial charge in [-0.2, -0.15) is 11.8 Å². The molecule has 0 aromatic carbocycles. The van der Waals surface area contributed by atoms with Crippen molar-refractivity contribution in [2.24, 2.45) is 11.8 Å². The predicted molar refractivity (Wildman–Crippen MR) is 66.7 cm³/mol. The Balaban J connectivity index is 2.47. The first kappa shape index (κ1) is 13.8. The summed E-state index contributed by atoms with van der Waals surface area (Å²) in [5.74, 6) is 0.308. The maximum absolute atomic E-state index is 11.2. The summed E-state index contributed by atoms with van der Waals surface area (Å²) in [6.45, 7) is 2.19. The van der Waals surface area contributed by atoms with Crippen LogP contribution in [-0.2, 0) is 4.79 Å². The van der Waals surface area contributed by atoms with Gasteiger partial charge in [-0.25, -0.2) is 0 Å². The molecule has 4 heteroatoms. The smallest absolute Gasteiger partial charge is 0.307 e. The zero-order chi connectivity index (χ0) is 12.0. The summed E-state index contributed by atoms with van der Waals surface area (Å²) < 4.78 is 0. The zero-order valence-electron chi connectivity index (χ0n) is 9.89. The van der Waals surface area contributed by atoms with Crippen molar-refractivity contribution in [1.82, 2.24) is 0 Å². The van der Waals surface area contributed by atoms with E-state index >= 15 is 0 Å². The number of carboxylic acid groups (broad SMARTS) is 1. The van der Waals surface area contributed by atoms with E-state index in [0.29, 0.717) is 0 Å². The lowest BCUT2D eigenvalue weighted by atomic mass is 10.0. The van der Waals surface area contributed by atoms with Crippen LogP contribution in [0.25, 0.3) is 0 Å². The molecule has 3 atom stereocenters. The van der Waals surface area contributed by atoms with Crippen LogP contribution >= 0.6 is 11.8 Å². The highest BCUT2D eigenvalue weighted by molar-refractivity contribution is 7.99. The van der Waals surface area contributed by atoms with E-state index in [1.165, 1.54) is 0 Å². The Kier molecular flexibility index (Phi) is 6.21. The molecule has 3 nitrogen and oxygen atoms in total. The molecule has 0 saturated heterocycles. The number of aliphatic hydroxyl groups excluding tert-OH is 1. The molecular weight excluding hydrogens is 224 g/mol. The van der Waals surface area contributed by atoms with E-state index in [1.807, 2.05) is 6.92 Å². The minimum absolute atomic E-state index is 0.182. The van der Waals surface area contributed by atoms with E-state index in [4.69, 9.17) is 5.11 Å². The molecule has 1 saturated carbocycles. The van der Waals surface area contributed by atoms with Crippen LogP contribution in [0.3, 0.4) is 0 Å². The normalized spacial score (nSPS) is 28.4. The number of aliphatic carboxylic acids is 1. The molecule has 0 aromatic rings. The average molecular weight is 246 g/mol. The van der Waals surface area contributed by atoms with Crippen molar-refractivity contribution in [3.05, 3.63) is 0 Å². The number of rotatable bonds is 5. The van der Waals surface area contributed by atoms with Crippen molar-refractivity contribution < 1.29 is 15.0 Å². The Bertz CT molecular complexity index is 220. The summed E-state index contributed by atoms with van der Waals surface area (Å²) in [6.07, 6.45) is 5.19. The molecule has 0 amide bonds. The lowest BCUT2D eigenvalue weighted by Gasteiger charge is -2.22. The van der Waals surface area contributed by atoms with E-state index in [-0.39, 0.29) is 23.7 Å². The van der Waals surface area contributed by atoms with Gasteiger partial charge in [0.25, 0.3) is 0 Å². The fourth-order valence-corrected chi connectivity index (χ4v) is 3.60. The topological polar surface area (TPSA) is 57.5 Å². The molecule has 1 aliphatic carbocycles. The molecule has 0 spiro atoms. The van der Waals surface area contributed by atoms with Gasteiger partial charge in [0.1, 0.15) is 0 Å². The SMILES string of the molecule is CC(CO)CSC1CCCCCC1C(=O)O. The van der Waals surface area contributed by atoms with Gasteiger partial charge in [-0.05, 0) is 24.5 Å². The summed E-state index contributed by atoms with van der Waals surface area (Å²) in [5.41, 5.74) is 0. The summed E-state index contributed by atoms with van der Waals surface area (Å²) in [6, 6.07) is 0. The second-order valence-electron chi connectivity index (χ2n) is 4.74. The Morgan fingerprint density at radius 3 is 2.69 bits per heavy atom. The van der Waals surface area contributed by atoms with Gasteiger partial charge in [0, 0.05) is 11.9 Å². The van der Waals surface area contributed by atoms with Crippen LogP contribution in [0.4, 0.5) is 0 Å². The first-order valence-corrected chi connectivity index (χ1v) is 7.15. The van der Waals surface area contributed by atoms with Crippen LogP contribution in [0, 0.1) is 11.8 Å². The third-order valence-corrected chi connectivity index (χ3v) is 4.93. The van der Waals surface area contributed by atoms with Crippen LogP contribution in [0.5, 0.6) is 0 Å². The lowest BCUT2D eigenvalue weighted by Crippen LogP contribution is -2.25. The van der Waals surface area contributed by atoms with Gasteiger partial charge in [0.15, 0.2) is 0 Å². The molecule has 1 fully saturated rings. The predicted octanol–water partition coefficient (Wildman–Crippen LogP) is 2.38. The number of thioether (sulfide) groups is 1. The number of carbonyl (C=O) groups is 1. The van der Waals surface area contributed by atoms with E-state index < -0.39 is 5.97 Å². The number of carboxylic acids is 1. The summed E-state index contributed by atoms with van der Waals surface area (Å²) in [4.78, 5) is 11.2. The van der Waals surface area contributed by atoms with E-state index in [1.54, 1.807) is 11.8 Å². The van der Waals surface area contributed by atoms with Crippen LogP contribution in [0.2, 0.25) is 0 Å². The highest BCUT2D eigenvalue weighted by Gasteiger charge is 2.29. The molecule has 0 aromatic heterocycles. The Hall–Kier alpha value is -0.220. The minimum Gasteiger partial charge on any atom is -0.481 e. The molecular formula is C12H22O3S. The highest BCUT2D eigenvalue weighted by Crippen LogP contribution is 2.33. The monoisotopic (exact) mass is 246 g/mol. The van der Waals surface area contributed by atoms with Crippen LogP contribution in [0.15, 0.2) is 0 Å². The molecule has 0 bridgehead atoms. The quantitative estimate of drug-likeness (QED) is 0.731. The molecule has 2 N–H and O–H groups in total. The molecule has 0 heterocycles. The molecule has 94 valence electrons. The third kappa shape index (κ3) is 4.34. The minimum atomic E-state index is -0.643. The number of hydrogen-bond donors (Lipinski definition) is 2. The zero-order valence-corrected chi connectivity index (χ0v) is 10.7. The molecule has 0 aliphatic heterocycles. The van der Waals surface area contributed by atoms with Crippen molar-refractivity contribution >= 4 is 17.7 Å². The molecule has 16 heavy (non-hydrogen) atoms. The van der Waals surface area contributed by atoms with Crippen molar-refractivity contribution in [1.29, 1.82) is 0 Å². The van der Waals surface area contributed by atoms with Gasteiger partial charge in [0.2, 0.25) is 0 Å². The standard InChI is InChI=1S/C12H22O3S/c1-9(7-13)8-16-11-6-4-2-3-5-10(11)12(14)15/h9-11,13H,2-8H2,1H3,(H,14,15). The van der Waals surface area contributed by atoms with Crippen molar-refractivity contribution in [3.63, 3.8) is 0 Å². The Morgan fingerprint density at radius 2 is 2.06 bits per heavy atom. The van der Waals surface area contributed by atoms with Crippen LogP contribution in [0.1, 0.15) is 39.0 Å². The lowest BCUT2D eigenvalue weighted by molar-refractivity contribution is -0.141. The molecule has 0 radical (unpaired) electrons. The maximum atomic E-state index is 11.2. The number of aliphatic hydroxyl groups is 1. The fourth-order valence-electron chi connectivity index (χ4n) is 2.10. The molecule has 1 rings (SSSR count). The third-order valence-electron chi connectivity index (χ3n) is 3.18. The van der Waals surface area contributed by atoms with Crippen molar-refractivity contribution in [2.45, 2.75) is 44.3 Å². The van der Waals surface area contributed by atoms with Gasteiger partial charge in [-0.3, -0.25) is 4.79 Å². The maximum Gasteiger partial charge on any atom is 0.307 e. The van der Waals surface area contributed by atoms with Crippen LogP contribution < -0.4 is 0 Å². The van der Waals surface area contributed by atoms with Gasteiger partial charge in [0.05, 0.1) is 5.92 Å². The van der Waals surface area contributed by atoms with Crippen LogP contribution in [-0.4, -0.2) is 33.8 Å². The highest BCUT2D eigenvalue weighted by atomic mass is 32.2. The van der Waals surface area contributed by atoms with Crippen molar-refractivity contribution in [3.8, 4) is 0 Å². The molecule has 1 aliphatic rings. The summed E-state index contributed by atoms with van der Waals surface area (Å²) in [7, 11) is 0. The second kappa shape index (κ2) is 7.17. The van der Waals surface area contributed by atoms with Gasteiger partial charge in [-0.1, -0.05) is 26.2 Å². The first-order valence-electron chi connectivity index (χ1n) is 6.10. The Labute approximate surface area is 102 Å². The average Bonchev–Trinajstić information content (AvgIpc) is 2.50. The van der Waals surface area contributed by atoms with Gasteiger partial charge in [-0.15, -0.1) is 0 Å². The second-order valence-corrected chi connectivity index (χ2v) is 6.01. The van der Waals surface area contributed by atoms with E-state index in [9.17, 15) is 9.90 Å². The first-order chi connectivity index (χ1) is 7.65. The van der Waals surface area contributed by atoms with E-state index in [2.05, 4.69) is 0 Å². The Morgan fingerprint density at radius 1 is 1.38 bits per heavy atom. The fraction of sp³-hybridized carbons (Fsp3) is 0.917.